The highest BCUT2D eigenvalue weighted by Gasteiger charge is 2.46. The van der Waals surface area contributed by atoms with E-state index in [9.17, 15) is 19.5 Å². The summed E-state index contributed by atoms with van der Waals surface area (Å²) in [6.45, 7) is 4.96. The van der Waals surface area contributed by atoms with Gasteiger partial charge in [0.05, 0.1) is 25.3 Å². The number of nitrogens with zero attached hydrogens (tertiary/aromatic N) is 6. The number of aromatic nitrogens is 3. The summed E-state index contributed by atoms with van der Waals surface area (Å²) in [4.78, 5) is 55.5. The van der Waals surface area contributed by atoms with Crippen molar-refractivity contribution in [3.05, 3.63) is 54.1 Å². The second-order valence-corrected chi connectivity index (χ2v) is 10.3. The van der Waals surface area contributed by atoms with Crippen molar-refractivity contribution in [3.8, 4) is 11.4 Å². The molecule has 3 N–H and O–H groups in total. The number of ketones is 1. The summed E-state index contributed by atoms with van der Waals surface area (Å²) in [6.07, 6.45) is -0.139. The first-order valence-corrected chi connectivity index (χ1v) is 13.5. The van der Waals surface area contributed by atoms with E-state index in [4.69, 9.17) is 19.7 Å². The van der Waals surface area contributed by atoms with Crippen molar-refractivity contribution in [1.82, 2.24) is 19.9 Å². The number of nitrogens with one attached hydrogen (secondary N) is 2. The number of hydrogen-bond acceptors (Lipinski definition) is 9. The summed E-state index contributed by atoms with van der Waals surface area (Å²) in [5.74, 6) is 1.55. The summed E-state index contributed by atoms with van der Waals surface area (Å²) in [5, 5.41) is 15.0. The van der Waals surface area contributed by atoms with E-state index in [0.717, 1.165) is 12.0 Å². The standard InChI is InChI=1S/C28H30N8O5/c1-17(37)18-2-6-20(7-3-18)29-27(38)30-21-8-4-19(5-9-21)24-31-25(34-10-12-41-13-11-34)33-26(32-24)35-15-23-14-22(35)16-36(23)28(39)40/h2-9,22-23H,10-16H2,1H3,(H,39,40)(H2,29,30,38)/t22-,23-/m1/s1. The van der Waals surface area contributed by atoms with Crippen LogP contribution >= 0.6 is 0 Å². The number of carbonyl (C=O) groups excluding carboxylic acids is 2. The molecule has 3 aliphatic heterocycles. The van der Waals surface area contributed by atoms with Crippen LogP contribution < -0.4 is 20.4 Å². The minimum Gasteiger partial charge on any atom is -0.465 e. The highest BCUT2D eigenvalue weighted by Crippen LogP contribution is 2.34. The minimum atomic E-state index is -0.893. The predicted molar refractivity (Wildman–Crippen MR) is 152 cm³/mol. The Labute approximate surface area is 236 Å². The molecule has 1 aromatic heterocycles. The van der Waals surface area contributed by atoms with Gasteiger partial charge >= 0.3 is 12.1 Å². The predicted octanol–water partition coefficient (Wildman–Crippen LogP) is 3.16. The van der Waals surface area contributed by atoms with Gasteiger partial charge in [0.25, 0.3) is 0 Å². The van der Waals surface area contributed by atoms with Crippen molar-refractivity contribution < 1.29 is 24.2 Å². The first-order chi connectivity index (χ1) is 19.8. The van der Waals surface area contributed by atoms with Crippen LogP contribution in [0.3, 0.4) is 0 Å². The van der Waals surface area contributed by atoms with Crippen LogP contribution in [0.15, 0.2) is 48.5 Å². The molecule has 2 atom stereocenters. The fourth-order valence-electron chi connectivity index (χ4n) is 5.45. The minimum absolute atomic E-state index is 0.0210. The lowest BCUT2D eigenvalue weighted by Crippen LogP contribution is -2.49. The number of amides is 3. The molecule has 0 spiro atoms. The third-order valence-electron chi connectivity index (χ3n) is 7.60. The van der Waals surface area contributed by atoms with Crippen LogP contribution in [0.1, 0.15) is 23.7 Å². The number of rotatable bonds is 6. The highest BCUT2D eigenvalue weighted by atomic mass is 16.5. The Morgan fingerprint density at radius 2 is 1.49 bits per heavy atom. The molecule has 0 radical (unpaired) electrons. The fourth-order valence-corrected chi connectivity index (χ4v) is 5.45. The average molecular weight is 559 g/mol. The Morgan fingerprint density at radius 3 is 2.07 bits per heavy atom. The van der Waals surface area contributed by atoms with Gasteiger partial charge in [-0.1, -0.05) is 0 Å². The average Bonchev–Trinajstić information content (AvgIpc) is 3.60. The Morgan fingerprint density at radius 1 is 0.854 bits per heavy atom. The van der Waals surface area contributed by atoms with Gasteiger partial charge in [0.2, 0.25) is 11.9 Å². The lowest BCUT2D eigenvalue weighted by atomic mass is 10.1. The number of Topliss-reactive ketones (excluding diaryl/α,β-unsaturated/α-hetero) is 1. The second kappa shape index (κ2) is 11.0. The molecule has 3 aromatic rings. The third-order valence-corrected chi connectivity index (χ3v) is 7.60. The van der Waals surface area contributed by atoms with E-state index in [1.165, 1.54) is 11.8 Å². The van der Waals surface area contributed by atoms with Crippen molar-refractivity contribution in [2.75, 3.05) is 59.8 Å². The summed E-state index contributed by atoms with van der Waals surface area (Å²) < 4.78 is 5.50. The molecule has 212 valence electrons. The van der Waals surface area contributed by atoms with E-state index in [0.29, 0.717) is 74.1 Å². The van der Waals surface area contributed by atoms with Crippen molar-refractivity contribution in [3.63, 3.8) is 0 Å². The number of likely N-dealkylation sites (tertiary alicyclic amines) is 1. The summed E-state index contributed by atoms with van der Waals surface area (Å²) in [7, 11) is 0. The Balaban J connectivity index is 1.19. The van der Waals surface area contributed by atoms with Gasteiger partial charge in [0.1, 0.15) is 0 Å². The largest absolute Gasteiger partial charge is 0.465 e. The molecular formula is C28H30N8O5. The van der Waals surface area contributed by atoms with E-state index >= 15 is 0 Å². The molecule has 41 heavy (non-hydrogen) atoms. The van der Waals surface area contributed by atoms with Crippen LogP contribution in [-0.4, -0.2) is 94.3 Å². The zero-order valence-electron chi connectivity index (χ0n) is 22.5. The van der Waals surface area contributed by atoms with Crippen molar-refractivity contribution in [2.45, 2.75) is 25.4 Å². The van der Waals surface area contributed by atoms with Crippen LogP contribution in [0.4, 0.5) is 32.9 Å². The van der Waals surface area contributed by atoms with Gasteiger partial charge in [-0.2, -0.15) is 15.0 Å². The Kier molecular flexibility index (Phi) is 7.10. The first-order valence-electron chi connectivity index (χ1n) is 13.5. The molecule has 6 rings (SSSR count). The van der Waals surface area contributed by atoms with E-state index in [-0.39, 0.29) is 17.9 Å². The van der Waals surface area contributed by atoms with Crippen LogP contribution in [-0.2, 0) is 4.74 Å². The maximum absolute atomic E-state index is 12.5. The maximum Gasteiger partial charge on any atom is 0.407 e. The number of carboxylic acid groups (broad SMARTS) is 1. The molecule has 2 bridgehead atoms. The highest BCUT2D eigenvalue weighted by molar-refractivity contribution is 6.00. The Hall–Kier alpha value is -4.78. The lowest BCUT2D eigenvalue weighted by molar-refractivity contribution is 0.101. The van der Waals surface area contributed by atoms with Gasteiger partial charge in [-0.05, 0) is 61.9 Å². The summed E-state index contributed by atoms with van der Waals surface area (Å²) >= 11 is 0. The zero-order valence-corrected chi connectivity index (χ0v) is 22.5. The molecular weight excluding hydrogens is 528 g/mol. The molecule has 13 nitrogen and oxygen atoms in total. The third kappa shape index (κ3) is 5.61. The number of anilines is 4. The number of morpholine rings is 1. The van der Waals surface area contributed by atoms with Crippen LogP contribution in [0.25, 0.3) is 11.4 Å². The number of piperazine rings is 1. The Bertz CT molecular complexity index is 1460. The number of hydrogen-bond donors (Lipinski definition) is 3. The quantitative estimate of drug-likeness (QED) is 0.385. The molecule has 2 aromatic carbocycles. The smallest absolute Gasteiger partial charge is 0.407 e. The number of benzene rings is 2. The first kappa shape index (κ1) is 26.4. The van der Waals surface area contributed by atoms with Gasteiger partial charge in [-0.15, -0.1) is 0 Å². The van der Waals surface area contributed by atoms with Gasteiger partial charge in [0, 0.05) is 48.7 Å². The summed E-state index contributed by atoms with van der Waals surface area (Å²) in [6, 6.07) is 13.4. The van der Waals surface area contributed by atoms with Gasteiger partial charge in [-0.3, -0.25) is 4.79 Å². The van der Waals surface area contributed by atoms with E-state index in [1.807, 2.05) is 12.1 Å². The monoisotopic (exact) mass is 558 g/mol. The van der Waals surface area contributed by atoms with Crippen LogP contribution in [0.5, 0.6) is 0 Å². The normalized spacial score (nSPS) is 19.8. The van der Waals surface area contributed by atoms with Crippen LogP contribution in [0.2, 0.25) is 0 Å². The van der Waals surface area contributed by atoms with Gasteiger partial charge in [-0.25, -0.2) is 9.59 Å². The molecule has 13 heteroatoms. The zero-order chi connectivity index (χ0) is 28.5. The van der Waals surface area contributed by atoms with Gasteiger partial charge in [0.15, 0.2) is 11.6 Å². The number of carbonyl (C=O) groups is 3. The summed E-state index contributed by atoms with van der Waals surface area (Å²) in [5.41, 5.74) is 2.48. The van der Waals surface area contributed by atoms with E-state index in [1.54, 1.807) is 36.4 Å². The van der Waals surface area contributed by atoms with Crippen molar-refractivity contribution in [1.29, 1.82) is 0 Å². The topological polar surface area (TPSA) is 153 Å². The van der Waals surface area contributed by atoms with Crippen LogP contribution in [0, 0.1) is 0 Å². The molecule has 3 aliphatic rings. The molecule has 0 unspecified atom stereocenters. The van der Waals surface area contributed by atoms with Gasteiger partial charge < -0.3 is 35.2 Å². The SMILES string of the molecule is CC(=O)c1ccc(NC(=O)Nc2ccc(-c3nc(N4CCOCC4)nc(N4C[C@H]5C[C@@H]4CN5C(=O)O)n3)cc2)cc1. The number of urea groups is 1. The molecule has 3 amide bonds. The second-order valence-electron chi connectivity index (χ2n) is 10.3. The molecule has 3 saturated heterocycles. The molecule has 0 saturated carbocycles. The van der Waals surface area contributed by atoms with E-state index < -0.39 is 12.1 Å². The lowest BCUT2D eigenvalue weighted by Gasteiger charge is -2.33. The molecule has 4 heterocycles. The number of ether oxygens (including phenoxy) is 1. The van der Waals surface area contributed by atoms with E-state index in [2.05, 4.69) is 20.4 Å². The maximum atomic E-state index is 12.5. The fraction of sp³-hybridized carbons (Fsp3) is 0.357. The number of fused-ring (bicyclic) bond motifs is 2. The molecule has 0 aliphatic carbocycles. The molecule has 3 fully saturated rings. The van der Waals surface area contributed by atoms with Crippen molar-refractivity contribution >= 4 is 41.2 Å². The van der Waals surface area contributed by atoms with Crippen molar-refractivity contribution in [2.24, 2.45) is 0 Å².